The Morgan fingerprint density at radius 3 is 2.85 bits per heavy atom. The lowest BCUT2D eigenvalue weighted by atomic mass is 10.1. The summed E-state index contributed by atoms with van der Waals surface area (Å²) in [4.78, 5) is 10.6. The maximum Gasteiger partial charge on any atom is 0.191 e. The van der Waals surface area contributed by atoms with Gasteiger partial charge in [0.25, 0.3) is 0 Å². The van der Waals surface area contributed by atoms with Gasteiger partial charge in [0.1, 0.15) is 5.76 Å². The molecule has 2 aromatic rings. The third kappa shape index (κ3) is 7.79. The van der Waals surface area contributed by atoms with Gasteiger partial charge in [0.05, 0.1) is 17.9 Å². The predicted molar refractivity (Wildman–Crippen MR) is 120 cm³/mol. The molecule has 1 unspecified atom stereocenters. The molecule has 1 aliphatic heterocycles. The number of rotatable bonds is 9. The number of thiazole rings is 1. The first kappa shape index (κ1) is 22.2. The first-order valence-corrected chi connectivity index (χ1v) is 10.2. The summed E-state index contributed by atoms with van der Waals surface area (Å²) in [5, 5.41) is 8.01. The van der Waals surface area contributed by atoms with Gasteiger partial charge in [-0.2, -0.15) is 0 Å². The Balaban J connectivity index is 0.00000261. The van der Waals surface area contributed by atoms with E-state index in [0.29, 0.717) is 5.92 Å². The Labute approximate surface area is 182 Å². The average molecular weight is 504 g/mol. The molecule has 6 nitrogen and oxygen atoms in total. The van der Waals surface area contributed by atoms with Crippen molar-refractivity contribution in [2.24, 2.45) is 10.9 Å². The van der Waals surface area contributed by atoms with E-state index in [1.165, 1.54) is 9.88 Å². The van der Waals surface area contributed by atoms with Crippen molar-refractivity contribution in [2.45, 2.75) is 32.6 Å². The molecule has 0 amide bonds. The highest BCUT2D eigenvalue weighted by Crippen LogP contribution is 2.13. The zero-order valence-corrected chi connectivity index (χ0v) is 18.9. The molecule has 2 N–H and O–H groups in total. The van der Waals surface area contributed by atoms with Crippen LogP contribution in [0.25, 0.3) is 0 Å². The number of aromatic nitrogens is 1. The molecule has 27 heavy (non-hydrogen) atoms. The largest absolute Gasteiger partial charge is 0.469 e. The number of guanidine groups is 1. The second kappa shape index (κ2) is 12.4. The van der Waals surface area contributed by atoms with Gasteiger partial charge >= 0.3 is 0 Å². The number of furan rings is 1. The average Bonchev–Trinajstić information content (AvgIpc) is 3.41. The van der Waals surface area contributed by atoms with Crippen LogP contribution in [0.15, 0.2) is 34.0 Å². The summed E-state index contributed by atoms with van der Waals surface area (Å²) < 4.78 is 10.8. The van der Waals surface area contributed by atoms with Crippen LogP contribution in [0.2, 0.25) is 0 Å². The molecular formula is C19H29IN4O2S. The summed E-state index contributed by atoms with van der Waals surface area (Å²) in [5.41, 5.74) is 0. The van der Waals surface area contributed by atoms with Crippen LogP contribution < -0.4 is 10.6 Å². The molecule has 2 aromatic heterocycles. The first-order chi connectivity index (χ1) is 12.8. The van der Waals surface area contributed by atoms with Crippen molar-refractivity contribution in [2.75, 3.05) is 32.8 Å². The number of nitrogens with zero attached hydrogens (tertiary/aromatic N) is 2. The molecule has 1 aliphatic rings. The fourth-order valence-electron chi connectivity index (χ4n) is 2.80. The van der Waals surface area contributed by atoms with Crippen molar-refractivity contribution >= 4 is 41.3 Å². The van der Waals surface area contributed by atoms with Crippen LogP contribution in [-0.4, -0.2) is 43.8 Å². The number of hydrogen-bond acceptors (Lipinski definition) is 5. The third-order valence-corrected chi connectivity index (χ3v) is 5.56. The fraction of sp³-hybridized carbons (Fsp3) is 0.579. The van der Waals surface area contributed by atoms with Crippen molar-refractivity contribution in [3.8, 4) is 0 Å². The Hall–Kier alpha value is -1.13. The summed E-state index contributed by atoms with van der Waals surface area (Å²) in [7, 11) is 0. The van der Waals surface area contributed by atoms with Gasteiger partial charge in [-0.1, -0.05) is 6.92 Å². The maximum absolute atomic E-state index is 5.44. The van der Waals surface area contributed by atoms with Crippen molar-refractivity contribution in [1.82, 2.24) is 15.6 Å². The van der Waals surface area contributed by atoms with E-state index in [1.54, 1.807) is 17.6 Å². The van der Waals surface area contributed by atoms with E-state index in [0.717, 1.165) is 70.3 Å². The monoisotopic (exact) mass is 504 g/mol. The molecule has 3 heterocycles. The topological polar surface area (TPSA) is 71.7 Å². The second-order valence-electron chi connectivity index (χ2n) is 6.43. The first-order valence-electron chi connectivity index (χ1n) is 9.39. The number of ether oxygens (including phenoxy) is 1. The Bertz CT molecular complexity index is 669. The number of halogens is 1. The Morgan fingerprint density at radius 1 is 1.33 bits per heavy atom. The van der Waals surface area contributed by atoms with E-state index in [2.05, 4.69) is 22.5 Å². The van der Waals surface area contributed by atoms with Crippen molar-refractivity contribution in [3.05, 3.63) is 40.2 Å². The maximum atomic E-state index is 5.44. The molecule has 8 heteroatoms. The van der Waals surface area contributed by atoms with Gasteiger partial charge in [-0.15, -0.1) is 35.3 Å². The molecule has 0 saturated carbocycles. The van der Waals surface area contributed by atoms with Gasteiger partial charge in [0.2, 0.25) is 0 Å². The minimum Gasteiger partial charge on any atom is -0.469 e. The summed E-state index contributed by atoms with van der Waals surface area (Å²) in [6, 6.07) is 3.91. The SMILES string of the molecule is CCc1cnc(CCNC(=NCC2CCOC2)NCCc2ccco2)s1.I. The van der Waals surface area contributed by atoms with Crippen molar-refractivity contribution in [1.29, 1.82) is 0 Å². The Kier molecular flexibility index (Phi) is 10.1. The van der Waals surface area contributed by atoms with Crippen LogP contribution in [0.1, 0.15) is 29.0 Å². The summed E-state index contributed by atoms with van der Waals surface area (Å²) >= 11 is 1.79. The third-order valence-electron chi connectivity index (χ3n) is 4.36. The highest BCUT2D eigenvalue weighted by atomic mass is 127. The molecule has 3 rings (SSSR count). The number of hydrogen-bond donors (Lipinski definition) is 2. The molecule has 0 aromatic carbocycles. The van der Waals surface area contributed by atoms with Gasteiger partial charge in [0, 0.05) is 56.1 Å². The molecule has 1 fully saturated rings. The van der Waals surface area contributed by atoms with Gasteiger partial charge in [-0.3, -0.25) is 4.99 Å². The van der Waals surface area contributed by atoms with Crippen LogP contribution in [0, 0.1) is 5.92 Å². The highest BCUT2D eigenvalue weighted by molar-refractivity contribution is 14.0. The van der Waals surface area contributed by atoms with E-state index < -0.39 is 0 Å². The van der Waals surface area contributed by atoms with Gasteiger partial charge in [-0.25, -0.2) is 4.98 Å². The minimum absolute atomic E-state index is 0. The molecule has 150 valence electrons. The van der Waals surface area contributed by atoms with Crippen molar-refractivity contribution < 1.29 is 9.15 Å². The van der Waals surface area contributed by atoms with E-state index in [1.807, 2.05) is 18.3 Å². The lowest BCUT2D eigenvalue weighted by molar-refractivity contribution is 0.187. The Morgan fingerprint density at radius 2 is 2.19 bits per heavy atom. The summed E-state index contributed by atoms with van der Waals surface area (Å²) in [5.74, 6) is 2.37. The molecule has 0 radical (unpaired) electrons. The zero-order valence-electron chi connectivity index (χ0n) is 15.8. The number of aliphatic imine (C=N–C) groups is 1. The van der Waals surface area contributed by atoms with Crippen molar-refractivity contribution in [3.63, 3.8) is 0 Å². The van der Waals surface area contributed by atoms with Crippen LogP contribution >= 0.6 is 35.3 Å². The number of aryl methyl sites for hydroxylation is 1. The number of nitrogens with one attached hydrogen (secondary N) is 2. The molecule has 0 bridgehead atoms. The van der Waals surface area contributed by atoms with Crippen LogP contribution in [-0.2, 0) is 24.0 Å². The standard InChI is InChI=1S/C19H28N4O2S.HI/c1-2-17-13-22-18(26-17)6-9-21-19(23-12-15-7-11-24-14-15)20-8-5-16-4-3-10-25-16;/h3-4,10,13,15H,2,5-9,11-12,14H2,1H3,(H2,20,21,23);1H. The summed E-state index contributed by atoms with van der Waals surface area (Å²) in [6.07, 6.45) is 7.60. The molecule has 1 saturated heterocycles. The van der Waals surface area contributed by atoms with E-state index in [-0.39, 0.29) is 24.0 Å². The smallest absolute Gasteiger partial charge is 0.191 e. The normalized spacial score (nSPS) is 16.9. The predicted octanol–water partition coefficient (Wildman–Crippen LogP) is 3.27. The van der Waals surface area contributed by atoms with E-state index in [4.69, 9.17) is 14.1 Å². The summed E-state index contributed by atoms with van der Waals surface area (Å²) in [6.45, 7) is 6.26. The van der Waals surface area contributed by atoms with Gasteiger partial charge < -0.3 is 19.8 Å². The molecule has 0 aliphatic carbocycles. The fourth-order valence-corrected chi connectivity index (χ4v) is 3.66. The van der Waals surface area contributed by atoms with Gasteiger partial charge in [-0.05, 0) is 25.0 Å². The van der Waals surface area contributed by atoms with Crippen LogP contribution in [0.4, 0.5) is 0 Å². The lowest BCUT2D eigenvalue weighted by Gasteiger charge is -2.13. The van der Waals surface area contributed by atoms with Crippen LogP contribution in [0.5, 0.6) is 0 Å². The quantitative estimate of drug-likeness (QED) is 0.312. The second-order valence-corrected chi connectivity index (χ2v) is 7.63. The lowest BCUT2D eigenvalue weighted by Crippen LogP contribution is -2.39. The van der Waals surface area contributed by atoms with E-state index in [9.17, 15) is 0 Å². The van der Waals surface area contributed by atoms with E-state index >= 15 is 0 Å². The van der Waals surface area contributed by atoms with Gasteiger partial charge in [0.15, 0.2) is 5.96 Å². The molecule has 1 atom stereocenters. The molecular weight excluding hydrogens is 475 g/mol. The van der Waals surface area contributed by atoms with Crippen LogP contribution in [0.3, 0.4) is 0 Å². The minimum atomic E-state index is 0. The molecule has 0 spiro atoms. The zero-order chi connectivity index (χ0) is 18.0. The highest BCUT2D eigenvalue weighted by Gasteiger charge is 2.15.